The SMILES string of the molecule is CCC(=O)N1CCc2ccccc2C1C(=O)NCc1cc(OC)ccc1OC. The molecule has 0 aliphatic carbocycles. The van der Waals surface area contributed by atoms with Gasteiger partial charge in [0.25, 0.3) is 0 Å². The van der Waals surface area contributed by atoms with Crippen molar-refractivity contribution in [2.75, 3.05) is 20.8 Å². The van der Waals surface area contributed by atoms with Gasteiger partial charge in [-0.25, -0.2) is 0 Å². The fourth-order valence-electron chi connectivity index (χ4n) is 3.62. The molecule has 2 amide bonds. The Morgan fingerprint density at radius 2 is 1.93 bits per heavy atom. The van der Waals surface area contributed by atoms with Gasteiger partial charge in [-0.05, 0) is 35.7 Å². The van der Waals surface area contributed by atoms with Gasteiger partial charge in [-0.3, -0.25) is 9.59 Å². The van der Waals surface area contributed by atoms with Crippen LogP contribution >= 0.6 is 0 Å². The number of methoxy groups -OCH3 is 2. The van der Waals surface area contributed by atoms with Crippen molar-refractivity contribution in [1.82, 2.24) is 10.2 Å². The Balaban J connectivity index is 1.84. The van der Waals surface area contributed by atoms with Gasteiger partial charge in [-0.15, -0.1) is 0 Å². The average Bonchev–Trinajstić information content (AvgIpc) is 2.75. The van der Waals surface area contributed by atoms with E-state index in [0.29, 0.717) is 24.5 Å². The van der Waals surface area contributed by atoms with Crippen LogP contribution in [-0.4, -0.2) is 37.5 Å². The third kappa shape index (κ3) is 3.96. The van der Waals surface area contributed by atoms with Gasteiger partial charge >= 0.3 is 0 Å². The van der Waals surface area contributed by atoms with Crippen molar-refractivity contribution in [2.24, 2.45) is 0 Å². The van der Waals surface area contributed by atoms with Crippen molar-refractivity contribution in [3.63, 3.8) is 0 Å². The van der Waals surface area contributed by atoms with Crippen LogP contribution in [0.3, 0.4) is 0 Å². The number of benzene rings is 2. The van der Waals surface area contributed by atoms with E-state index < -0.39 is 6.04 Å². The van der Waals surface area contributed by atoms with E-state index >= 15 is 0 Å². The summed E-state index contributed by atoms with van der Waals surface area (Å²) in [5, 5.41) is 2.98. The van der Waals surface area contributed by atoms with Crippen molar-refractivity contribution >= 4 is 11.8 Å². The van der Waals surface area contributed by atoms with Crippen LogP contribution in [-0.2, 0) is 22.6 Å². The molecule has 1 heterocycles. The number of ether oxygens (including phenoxy) is 2. The Morgan fingerprint density at radius 1 is 1.14 bits per heavy atom. The minimum absolute atomic E-state index is 0.0198. The van der Waals surface area contributed by atoms with Crippen LogP contribution in [0.25, 0.3) is 0 Å². The van der Waals surface area contributed by atoms with Crippen LogP contribution in [0.1, 0.15) is 36.1 Å². The molecule has 1 atom stereocenters. The summed E-state index contributed by atoms with van der Waals surface area (Å²) in [6.07, 6.45) is 1.13. The largest absolute Gasteiger partial charge is 0.497 e. The van der Waals surface area contributed by atoms with Gasteiger partial charge in [0.05, 0.1) is 14.2 Å². The Bertz CT molecular complexity index is 865. The van der Waals surface area contributed by atoms with Gasteiger partial charge in [0.1, 0.15) is 17.5 Å². The molecule has 1 unspecified atom stereocenters. The van der Waals surface area contributed by atoms with Gasteiger partial charge in [0.2, 0.25) is 11.8 Å². The van der Waals surface area contributed by atoms with E-state index in [0.717, 1.165) is 23.1 Å². The predicted octanol–water partition coefficient (Wildman–Crippen LogP) is 2.86. The van der Waals surface area contributed by atoms with Gasteiger partial charge < -0.3 is 19.7 Å². The summed E-state index contributed by atoms with van der Waals surface area (Å²) in [6, 6.07) is 12.7. The molecule has 0 radical (unpaired) electrons. The number of amides is 2. The molecule has 28 heavy (non-hydrogen) atoms. The highest BCUT2D eigenvalue weighted by Crippen LogP contribution is 2.31. The lowest BCUT2D eigenvalue weighted by Crippen LogP contribution is -2.46. The summed E-state index contributed by atoms with van der Waals surface area (Å²) >= 11 is 0. The second kappa shape index (κ2) is 8.78. The maximum absolute atomic E-state index is 13.1. The Hall–Kier alpha value is -3.02. The first-order valence-electron chi connectivity index (χ1n) is 9.45. The van der Waals surface area contributed by atoms with E-state index in [4.69, 9.17) is 9.47 Å². The minimum atomic E-state index is -0.617. The summed E-state index contributed by atoms with van der Waals surface area (Å²) in [5.74, 6) is 1.15. The highest BCUT2D eigenvalue weighted by molar-refractivity contribution is 5.89. The second-order valence-electron chi connectivity index (χ2n) is 6.69. The first kappa shape index (κ1) is 19.7. The average molecular weight is 382 g/mol. The molecule has 6 heteroatoms. The van der Waals surface area contributed by atoms with Crippen LogP contribution in [0, 0.1) is 0 Å². The molecule has 1 N–H and O–H groups in total. The molecule has 1 aliphatic heterocycles. The van der Waals surface area contributed by atoms with Gasteiger partial charge in [0, 0.05) is 25.1 Å². The Kier molecular flexibility index (Phi) is 6.19. The first-order chi connectivity index (χ1) is 13.6. The summed E-state index contributed by atoms with van der Waals surface area (Å²) < 4.78 is 10.7. The fourth-order valence-corrected chi connectivity index (χ4v) is 3.62. The van der Waals surface area contributed by atoms with E-state index in [2.05, 4.69) is 5.32 Å². The molecule has 2 aromatic rings. The van der Waals surface area contributed by atoms with E-state index in [-0.39, 0.29) is 18.4 Å². The Morgan fingerprint density at radius 3 is 2.64 bits per heavy atom. The number of nitrogens with one attached hydrogen (secondary N) is 1. The molecule has 0 bridgehead atoms. The smallest absolute Gasteiger partial charge is 0.247 e. The van der Waals surface area contributed by atoms with Crippen molar-refractivity contribution in [3.8, 4) is 11.5 Å². The molecule has 0 saturated carbocycles. The van der Waals surface area contributed by atoms with E-state index in [9.17, 15) is 9.59 Å². The lowest BCUT2D eigenvalue weighted by Gasteiger charge is -2.36. The highest BCUT2D eigenvalue weighted by atomic mass is 16.5. The Labute approximate surface area is 165 Å². The van der Waals surface area contributed by atoms with E-state index in [1.807, 2.05) is 49.4 Å². The quantitative estimate of drug-likeness (QED) is 0.834. The van der Waals surface area contributed by atoms with Crippen LogP contribution in [0.4, 0.5) is 0 Å². The van der Waals surface area contributed by atoms with Gasteiger partial charge in [-0.2, -0.15) is 0 Å². The fraction of sp³-hybridized carbons (Fsp3) is 0.364. The van der Waals surface area contributed by atoms with Crippen LogP contribution in [0.15, 0.2) is 42.5 Å². The highest BCUT2D eigenvalue weighted by Gasteiger charge is 2.35. The molecular formula is C22H26N2O4. The number of carbonyl (C=O) groups excluding carboxylic acids is 2. The molecule has 0 saturated heterocycles. The number of hydrogen-bond acceptors (Lipinski definition) is 4. The number of carbonyl (C=O) groups is 2. The van der Waals surface area contributed by atoms with E-state index in [1.54, 1.807) is 19.1 Å². The van der Waals surface area contributed by atoms with Gasteiger partial charge in [0.15, 0.2) is 0 Å². The third-order valence-electron chi connectivity index (χ3n) is 5.10. The summed E-state index contributed by atoms with van der Waals surface area (Å²) in [7, 11) is 3.18. The molecule has 0 fully saturated rings. The number of nitrogens with zero attached hydrogens (tertiary/aromatic N) is 1. The van der Waals surface area contributed by atoms with Crippen molar-refractivity contribution in [2.45, 2.75) is 32.4 Å². The van der Waals surface area contributed by atoms with Crippen LogP contribution in [0.2, 0.25) is 0 Å². The first-order valence-corrected chi connectivity index (χ1v) is 9.45. The zero-order valence-electron chi connectivity index (χ0n) is 16.5. The molecular weight excluding hydrogens is 356 g/mol. The predicted molar refractivity (Wildman–Crippen MR) is 106 cm³/mol. The lowest BCUT2D eigenvalue weighted by molar-refractivity contribution is -0.141. The van der Waals surface area contributed by atoms with Gasteiger partial charge in [-0.1, -0.05) is 31.2 Å². The monoisotopic (exact) mass is 382 g/mol. The standard InChI is InChI=1S/C22H26N2O4/c1-4-20(25)24-12-11-15-7-5-6-8-18(15)21(24)22(26)23-14-16-13-17(27-2)9-10-19(16)28-3/h5-10,13,21H,4,11-12,14H2,1-3H3,(H,23,26). The number of rotatable bonds is 6. The summed E-state index contributed by atoms with van der Waals surface area (Å²) in [6.45, 7) is 2.65. The van der Waals surface area contributed by atoms with Crippen LogP contribution < -0.4 is 14.8 Å². The van der Waals surface area contributed by atoms with Crippen molar-refractivity contribution < 1.29 is 19.1 Å². The minimum Gasteiger partial charge on any atom is -0.497 e. The maximum atomic E-state index is 13.1. The maximum Gasteiger partial charge on any atom is 0.247 e. The van der Waals surface area contributed by atoms with Crippen molar-refractivity contribution in [3.05, 3.63) is 59.2 Å². The zero-order chi connectivity index (χ0) is 20.1. The topological polar surface area (TPSA) is 67.9 Å². The van der Waals surface area contributed by atoms with E-state index in [1.165, 1.54) is 0 Å². The van der Waals surface area contributed by atoms with Crippen molar-refractivity contribution in [1.29, 1.82) is 0 Å². The summed E-state index contributed by atoms with van der Waals surface area (Å²) in [5.41, 5.74) is 2.82. The lowest BCUT2D eigenvalue weighted by atomic mass is 9.91. The molecule has 6 nitrogen and oxygen atoms in total. The molecule has 1 aliphatic rings. The zero-order valence-corrected chi connectivity index (χ0v) is 16.5. The normalized spacial score (nSPS) is 15.5. The molecule has 3 rings (SSSR count). The molecule has 0 aromatic heterocycles. The second-order valence-corrected chi connectivity index (χ2v) is 6.69. The molecule has 2 aromatic carbocycles. The summed E-state index contributed by atoms with van der Waals surface area (Å²) in [4.78, 5) is 27.3. The van der Waals surface area contributed by atoms with Crippen LogP contribution in [0.5, 0.6) is 11.5 Å². The number of hydrogen-bond donors (Lipinski definition) is 1. The third-order valence-corrected chi connectivity index (χ3v) is 5.10. The molecule has 148 valence electrons. The molecule has 0 spiro atoms. The number of fused-ring (bicyclic) bond motifs is 1.